The number of β-amino-alcohol motifs (C(OH)–C–C–N with tert-alkyl or cyclic N) is 1. The van der Waals surface area contributed by atoms with Crippen LogP contribution in [0, 0.1) is 5.92 Å². The molecular formula is C22H25N5O2. The molecule has 1 saturated heterocycles. The van der Waals surface area contributed by atoms with Gasteiger partial charge in [-0.25, -0.2) is 0 Å². The molecule has 2 aliphatic heterocycles. The zero-order valence-electron chi connectivity index (χ0n) is 16.4. The van der Waals surface area contributed by atoms with Crippen LogP contribution < -0.4 is 0 Å². The summed E-state index contributed by atoms with van der Waals surface area (Å²) in [6.45, 7) is 1.64. The van der Waals surface area contributed by atoms with E-state index in [-0.39, 0.29) is 11.8 Å². The Hall–Kier alpha value is -2.80. The van der Waals surface area contributed by atoms with Crippen molar-refractivity contribution in [3.8, 4) is 0 Å². The van der Waals surface area contributed by atoms with Gasteiger partial charge in [-0.15, -0.1) is 10.2 Å². The van der Waals surface area contributed by atoms with Crippen molar-refractivity contribution in [2.24, 2.45) is 5.92 Å². The summed E-state index contributed by atoms with van der Waals surface area (Å²) < 4.78 is 1.97. The van der Waals surface area contributed by atoms with Gasteiger partial charge < -0.3 is 14.6 Å². The highest BCUT2D eigenvalue weighted by Gasteiger charge is 2.36. The van der Waals surface area contributed by atoms with E-state index in [0.29, 0.717) is 25.3 Å². The molecule has 150 valence electrons. The minimum atomic E-state index is -0.557. The number of amides is 1. The molecule has 0 spiro atoms. The Balaban J connectivity index is 1.31. The number of carbonyl (C=O) groups is 1. The van der Waals surface area contributed by atoms with E-state index in [1.807, 2.05) is 34.9 Å². The quantitative estimate of drug-likeness (QED) is 0.740. The minimum absolute atomic E-state index is 0.0286. The highest BCUT2D eigenvalue weighted by Crippen LogP contribution is 2.24. The van der Waals surface area contributed by atoms with Crippen LogP contribution in [0.5, 0.6) is 0 Å². The van der Waals surface area contributed by atoms with Crippen LogP contribution in [0.4, 0.5) is 0 Å². The van der Waals surface area contributed by atoms with Crippen LogP contribution in [0.2, 0.25) is 0 Å². The summed E-state index contributed by atoms with van der Waals surface area (Å²) in [7, 11) is 0. The summed E-state index contributed by atoms with van der Waals surface area (Å²) in [6, 6.07) is 12.1. The molecule has 1 fully saturated rings. The number of fused-ring (bicyclic) bond motifs is 2. The van der Waals surface area contributed by atoms with E-state index in [0.717, 1.165) is 54.6 Å². The zero-order valence-corrected chi connectivity index (χ0v) is 16.4. The normalized spacial score (nSPS) is 21.9. The topological polar surface area (TPSA) is 84.1 Å². The number of aryl methyl sites for hydroxylation is 1. The van der Waals surface area contributed by atoms with Gasteiger partial charge in [0.25, 0.3) is 5.91 Å². The van der Waals surface area contributed by atoms with E-state index in [1.54, 1.807) is 4.90 Å². The van der Waals surface area contributed by atoms with Crippen LogP contribution in [-0.4, -0.2) is 54.9 Å². The molecule has 29 heavy (non-hydrogen) atoms. The zero-order chi connectivity index (χ0) is 19.8. The van der Waals surface area contributed by atoms with Crippen LogP contribution in [0.25, 0.3) is 10.9 Å². The number of nitrogens with zero attached hydrogens (tertiary/aromatic N) is 5. The molecule has 7 nitrogen and oxygen atoms in total. The summed E-state index contributed by atoms with van der Waals surface area (Å²) in [5, 5.41) is 20.1. The van der Waals surface area contributed by atoms with Gasteiger partial charge in [0.15, 0.2) is 0 Å². The van der Waals surface area contributed by atoms with Crippen molar-refractivity contribution < 1.29 is 9.90 Å². The number of hydrogen-bond acceptors (Lipinski definition) is 5. The van der Waals surface area contributed by atoms with Gasteiger partial charge in [-0.1, -0.05) is 30.7 Å². The second kappa shape index (κ2) is 7.55. The van der Waals surface area contributed by atoms with E-state index < -0.39 is 6.10 Å². The highest BCUT2D eigenvalue weighted by atomic mass is 16.3. The van der Waals surface area contributed by atoms with Crippen LogP contribution in [0.1, 0.15) is 41.4 Å². The van der Waals surface area contributed by atoms with E-state index in [4.69, 9.17) is 4.98 Å². The summed E-state index contributed by atoms with van der Waals surface area (Å²) in [4.78, 5) is 19.5. The van der Waals surface area contributed by atoms with Crippen molar-refractivity contribution in [2.45, 2.75) is 44.8 Å². The lowest BCUT2D eigenvalue weighted by molar-refractivity contribution is 0.0747. The molecule has 0 radical (unpaired) electrons. The first kappa shape index (κ1) is 18.2. The van der Waals surface area contributed by atoms with Gasteiger partial charge in [-0.3, -0.25) is 9.78 Å². The van der Waals surface area contributed by atoms with E-state index in [9.17, 15) is 9.90 Å². The van der Waals surface area contributed by atoms with Crippen molar-refractivity contribution in [1.82, 2.24) is 24.6 Å². The predicted molar refractivity (Wildman–Crippen MR) is 108 cm³/mol. The smallest absolute Gasteiger partial charge is 0.291 e. The Morgan fingerprint density at radius 1 is 1.07 bits per heavy atom. The molecular weight excluding hydrogens is 366 g/mol. The molecule has 7 heteroatoms. The molecule has 0 bridgehead atoms. The van der Waals surface area contributed by atoms with Gasteiger partial charge in [-0.2, -0.15) is 0 Å². The molecule has 0 aliphatic carbocycles. The fourth-order valence-corrected chi connectivity index (χ4v) is 4.50. The van der Waals surface area contributed by atoms with Crippen LogP contribution in [0.15, 0.2) is 36.4 Å². The number of pyridine rings is 1. The number of hydrogen-bond donors (Lipinski definition) is 1. The largest absolute Gasteiger partial charge is 0.391 e. The number of rotatable bonds is 3. The first-order valence-electron chi connectivity index (χ1n) is 10.4. The third-order valence-corrected chi connectivity index (χ3v) is 6.12. The average molecular weight is 391 g/mol. The molecule has 1 aromatic carbocycles. The molecule has 2 atom stereocenters. The number of aromatic nitrogens is 4. The standard InChI is InChI=1S/C22H25N5O2/c28-19-14-26(22(29)21-25-24-20-8-2-1-5-11-27(20)21)13-16(19)12-17-10-9-15-6-3-4-7-18(15)23-17/h3-4,6-7,9-10,16,19,28H,1-2,5,8,11-14H2/t16-,19-/m1/s1. The lowest BCUT2D eigenvalue weighted by Gasteiger charge is -2.16. The van der Waals surface area contributed by atoms with E-state index in [2.05, 4.69) is 16.3 Å². The van der Waals surface area contributed by atoms with E-state index >= 15 is 0 Å². The summed E-state index contributed by atoms with van der Waals surface area (Å²) in [5.41, 5.74) is 1.90. The Morgan fingerprint density at radius 2 is 1.97 bits per heavy atom. The maximum absolute atomic E-state index is 13.1. The number of likely N-dealkylation sites (tertiary alicyclic amines) is 1. The highest BCUT2D eigenvalue weighted by molar-refractivity contribution is 5.91. The van der Waals surface area contributed by atoms with Gasteiger partial charge >= 0.3 is 0 Å². The molecule has 1 N–H and O–H groups in total. The van der Waals surface area contributed by atoms with E-state index in [1.165, 1.54) is 0 Å². The van der Waals surface area contributed by atoms with Gasteiger partial charge in [-0.05, 0) is 31.4 Å². The van der Waals surface area contributed by atoms with Gasteiger partial charge in [0.1, 0.15) is 5.82 Å². The number of benzene rings is 1. The van der Waals surface area contributed by atoms with Crippen LogP contribution >= 0.6 is 0 Å². The number of aliphatic hydroxyl groups is 1. The lowest BCUT2D eigenvalue weighted by atomic mass is 9.99. The number of carbonyl (C=O) groups excluding carboxylic acids is 1. The molecule has 0 unspecified atom stereocenters. The fourth-order valence-electron chi connectivity index (χ4n) is 4.50. The van der Waals surface area contributed by atoms with Crippen molar-refractivity contribution in [2.75, 3.05) is 13.1 Å². The first-order chi connectivity index (χ1) is 14.2. The lowest BCUT2D eigenvalue weighted by Crippen LogP contribution is -2.32. The van der Waals surface area contributed by atoms with Crippen LogP contribution in [-0.2, 0) is 19.4 Å². The third kappa shape index (κ3) is 3.51. The monoisotopic (exact) mass is 391 g/mol. The molecule has 1 amide bonds. The molecule has 4 heterocycles. The third-order valence-electron chi connectivity index (χ3n) is 6.12. The second-order valence-electron chi connectivity index (χ2n) is 8.14. The molecule has 2 aromatic heterocycles. The maximum atomic E-state index is 13.1. The minimum Gasteiger partial charge on any atom is -0.391 e. The Morgan fingerprint density at radius 3 is 2.90 bits per heavy atom. The summed E-state index contributed by atoms with van der Waals surface area (Å²) >= 11 is 0. The van der Waals surface area contributed by atoms with Crippen molar-refractivity contribution in [1.29, 1.82) is 0 Å². The van der Waals surface area contributed by atoms with Gasteiger partial charge in [0.2, 0.25) is 5.82 Å². The fraction of sp³-hybridized carbons (Fsp3) is 0.455. The Bertz CT molecular complexity index is 1050. The van der Waals surface area contributed by atoms with Crippen LogP contribution in [0.3, 0.4) is 0 Å². The summed E-state index contributed by atoms with van der Waals surface area (Å²) in [6.07, 6.45) is 4.26. The second-order valence-corrected chi connectivity index (χ2v) is 8.14. The van der Waals surface area contributed by atoms with Crippen molar-refractivity contribution in [3.05, 3.63) is 53.7 Å². The number of para-hydroxylation sites is 1. The SMILES string of the molecule is O=C(c1nnc2n1CCCCC2)N1C[C@@H](Cc2ccc3ccccc3n2)[C@H](O)C1. The molecule has 3 aromatic rings. The first-order valence-corrected chi connectivity index (χ1v) is 10.4. The molecule has 0 saturated carbocycles. The number of aliphatic hydroxyl groups excluding tert-OH is 1. The molecule has 5 rings (SSSR count). The Kier molecular flexibility index (Phi) is 4.75. The predicted octanol–water partition coefficient (Wildman–Crippen LogP) is 2.23. The van der Waals surface area contributed by atoms with Gasteiger partial charge in [0, 0.05) is 43.1 Å². The molecule has 2 aliphatic rings. The van der Waals surface area contributed by atoms with Gasteiger partial charge in [0.05, 0.1) is 11.6 Å². The Labute approximate surface area is 169 Å². The summed E-state index contributed by atoms with van der Waals surface area (Å²) in [5.74, 6) is 1.17. The van der Waals surface area contributed by atoms with Crippen molar-refractivity contribution >= 4 is 16.8 Å². The maximum Gasteiger partial charge on any atom is 0.291 e. The average Bonchev–Trinajstić information content (AvgIpc) is 3.22. The van der Waals surface area contributed by atoms with Crippen molar-refractivity contribution in [3.63, 3.8) is 0 Å².